The van der Waals surface area contributed by atoms with Crippen LogP contribution < -0.4 is 0 Å². The summed E-state index contributed by atoms with van der Waals surface area (Å²) in [5, 5.41) is 4.55. The van der Waals surface area contributed by atoms with Gasteiger partial charge < -0.3 is 4.57 Å². The van der Waals surface area contributed by atoms with Gasteiger partial charge in [0.25, 0.3) is 0 Å². The first-order valence-electron chi connectivity index (χ1n) is 8.64. The normalized spacial score (nSPS) is 11.7. The SMILES string of the molecule is CCc1cnc(C)n2nc(/C=C/c3nc(-c4ccccc4)cn3C)nc12. The molecule has 0 bridgehead atoms. The predicted molar refractivity (Wildman–Crippen MR) is 102 cm³/mol. The summed E-state index contributed by atoms with van der Waals surface area (Å²) in [7, 11) is 1.99. The Balaban J connectivity index is 1.68. The van der Waals surface area contributed by atoms with Crippen LogP contribution in [-0.4, -0.2) is 29.1 Å². The van der Waals surface area contributed by atoms with Crippen LogP contribution in [0.5, 0.6) is 0 Å². The summed E-state index contributed by atoms with van der Waals surface area (Å²) in [5.74, 6) is 2.33. The van der Waals surface area contributed by atoms with E-state index in [-0.39, 0.29) is 0 Å². The van der Waals surface area contributed by atoms with Gasteiger partial charge >= 0.3 is 0 Å². The molecule has 0 aliphatic carbocycles. The first-order valence-corrected chi connectivity index (χ1v) is 8.64. The molecule has 4 rings (SSSR count). The molecular weight excluding hydrogens is 324 g/mol. The van der Waals surface area contributed by atoms with E-state index in [2.05, 4.69) is 34.1 Å². The fourth-order valence-electron chi connectivity index (χ4n) is 2.90. The van der Waals surface area contributed by atoms with Crippen LogP contribution in [0.15, 0.2) is 42.7 Å². The Morgan fingerprint density at radius 3 is 2.65 bits per heavy atom. The van der Waals surface area contributed by atoms with Gasteiger partial charge in [-0.05, 0) is 25.5 Å². The molecule has 130 valence electrons. The third-order valence-corrected chi connectivity index (χ3v) is 4.37. The van der Waals surface area contributed by atoms with Gasteiger partial charge in [0.05, 0.1) is 5.69 Å². The Hall–Kier alpha value is -3.28. The minimum absolute atomic E-state index is 0.653. The predicted octanol–water partition coefficient (Wildman–Crippen LogP) is 3.57. The number of aromatic nitrogens is 6. The van der Waals surface area contributed by atoms with E-state index >= 15 is 0 Å². The van der Waals surface area contributed by atoms with Gasteiger partial charge in [-0.1, -0.05) is 37.3 Å². The molecule has 6 heteroatoms. The lowest BCUT2D eigenvalue weighted by molar-refractivity contribution is 0.846. The molecule has 3 aromatic heterocycles. The van der Waals surface area contributed by atoms with Gasteiger partial charge in [0, 0.05) is 30.6 Å². The van der Waals surface area contributed by atoms with Crippen LogP contribution in [0, 0.1) is 6.92 Å². The largest absolute Gasteiger partial charge is 0.334 e. The molecule has 0 atom stereocenters. The number of hydrogen-bond acceptors (Lipinski definition) is 4. The highest BCUT2D eigenvalue weighted by atomic mass is 15.3. The lowest BCUT2D eigenvalue weighted by Gasteiger charge is -2.00. The number of rotatable bonds is 4. The molecule has 0 saturated heterocycles. The molecule has 0 amide bonds. The zero-order chi connectivity index (χ0) is 18.1. The van der Waals surface area contributed by atoms with Crippen LogP contribution in [0.25, 0.3) is 29.1 Å². The molecule has 1 aromatic carbocycles. The van der Waals surface area contributed by atoms with Crippen LogP contribution in [0.3, 0.4) is 0 Å². The highest BCUT2D eigenvalue weighted by Crippen LogP contribution is 2.19. The molecule has 0 aliphatic rings. The maximum atomic E-state index is 4.70. The van der Waals surface area contributed by atoms with Gasteiger partial charge in [-0.25, -0.2) is 15.0 Å². The van der Waals surface area contributed by atoms with E-state index in [4.69, 9.17) is 4.98 Å². The van der Waals surface area contributed by atoms with Crippen molar-refractivity contribution in [2.75, 3.05) is 0 Å². The number of hydrogen-bond donors (Lipinski definition) is 0. The Bertz CT molecular complexity index is 1090. The smallest absolute Gasteiger partial charge is 0.175 e. The van der Waals surface area contributed by atoms with Crippen molar-refractivity contribution in [2.24, 2.45) is 7.05 Å². The quantitative estimate of drug-likeness (QED) is 0.568. The maximum Gasteiger partial charge on any atom is 0.175 e. The van der Waals surface area contributed by atoms with E-state index in [9.17, 15) is 0 Å². The second kappa shape index (κ2) is 6.55. The number of fused-ring (bicyclic) bond motifs is 1. The van der Waals surface area contributed by atoms with E-state index in [1.165, 1.54) is 0 Å². The van der Waals surface area contributed by atoms with Gasteiger partial charge in [0.15, 0.2) is 11.5 Å². The highest BCUT2D eigenvalue weighted by Gasteiger charge is 2.09. The maximum absolute atomic E-state index is 4.70. The Labute approximate surface area is 151 Å². The van der Waals surface area contributed by atoms with Gasteiger partial charge in [-0.3, -0.25) is 0 Å². The minimum Gasteiger partial charge on any atom is -0.334 e. The molecular formula is C20H20N6. The zero-order valence-corrected chi connectivity index (χ0v) is 15.1. The van der Waals surface area contributed by atoms with Crippen molar-refractivity contribution in [2.45, 2.75) is 20.3 Å². The molecule has 26 heavy (non-hydrogen) atoms. The van der Waals surface area contributed by atoms with Crippen LogP contribution in [0.1, 0.15) is 30.0 Å². The van der Waals surface area contributed by atoms with Crippen molar-refractivity contribution in [1.82, 2.24) is 29.1 Å². The van der Waals surface area contributed by atoms with Gasteiger partial charge in [0.2, 0.25) is 0 Å². The average molecular weight is 344 g/mol. The third kappa shape index (κ3) is 2.90. The fraction of sp³-hybridized carbons (Fsp3) is 0.200. The molecule has 0 aliphatic heterocycles. The molecule has 0 saturated carbocycles. The second-order valence-electron chi connectivity index (χ2n) is 6.18. The van der Waals surface area contributed by atoms with Crippen molar-refractivity contribution >= 4 is 17.8 Å². The summed E-state index contributed by atoms with van der Waals surface area (Å²) in [6.07, 6.45) is 8.60. The highest BCUT2D eigenvalue weighted by molar-refractivity contribution is 5.67. The summed E-state index contributed by atoms with van der Waals surface area (Å²) in [6, 6.07) is 10.1. The first kappa shape index (κ1) is 16.2. The first-order chi connectivity index (χ1) is 12.7. The van der Waals surface area contributed by atoms with E-state index < -0.39 is 0 Å². The molecule has 0 spiro atoms. The van der Waals surface area contributed by atoms with Crippen molar-refractivity contribution in [3.05, 3.63) is 65.8 Å². The van der Waals surface area contributed by atoms with Crippen molar-refractivity contribution < 1.29 is 0 Å². The van der Waals surface area contributed by atoms with Crippen molar-refractivity contribution in [3.8, 4) is 11.3 Å². The summed E-state index contributed by atoms with van der Waals surface area (Å²) < 4.78 is 3.80. The molecule has 6 nitrogen and oxygen atoms in total. The molecule has 4 aromatic rings. The summed E-state index contributed by atoms with van der Waals surface area (Å²) in [6.45, 7) is 4.02. The Kier molecular flexibility index (Phi) is 4.08. The summed E-state index contributed by atoms with van der Waals surface area (Å²) in [5.41, 5.74) is 4.00. The molecule has 0 unspecified atom stereocenters. The van der Waals surface area contributed by atoms with Crippen molar-refractivity contribution in [3.63, 3.8) is 0 Å². The van der Waals surface area contributed by atoms with Crippen LogP contribution in [0.4, 0.5) is 0 Å². The topological polar surface area (TPSA) is 60.9 Å². The summed E-state index contributed by atoms with van der Waals surface area (Å²) >= 11 is 0. The molecule has 0 radical (unpaired) electrons. The summed E-state index contributed by atoms with van der Waals surface area (Å²) in [4.78, 5) is 13.7. The second-order valence-corrected chi connectivity index (χ2v) is 6.18. The van der Waals surface area contributed by atoms with Gasteiger partial charge in [0.1, 0.15) is 11.6 Å². The fourth-order valence-corrected chi connectivity index (χ4v) is 2.90. The number of aryl methyl sites for hydroxylation is 3. The average Bonchev–Trinajstić information content (AvgIpc) is 3.25. The number of nitrogens with zero attached hydrogens (tertiary/aromatic N) is 6. The molecule has 3 heterocycles. The monoisotopic (exact) mass is 344 g/mol. The third-order valence-electron chi connectivity index (χ3n) is 4.37. The van der Waals surface area contributed by atoms with Crippen LogP contribution in [-0.2, 0) is 13.5 Å². The van der Waals surface area contributed by atoms with E-state index in [1.807, 2.05) is 61.3 Å². The zero-order valence-electron chi connectivity index (χ0n) is 15.1. The van der Waals surface area contributed by atoms with Crippen LogP contribution >= 0.6 is 0 Å². The Morgan fingerprint density at radius 2 is 1.88 bits per heavy atom. The number of benzene rings is 1. The molecule has 0 N–H and O–H groups in total. The lowest BCUT2D eigenvalue weighted by Crippen LogP contribution is -2.00. The van der Waals surface area contributed by atoms with E-state index in [0.29, 0.717) is 5.82 Å². The standard InChI is InChI=1S/C20H20N6/c1-4-15-12-21-14(2)26-20(15)23-18(24-26)10-11-19-22-17(13-25(19)3)16-8-6-5-7-9-16/h5-13H,4H2,1-3H3/b11-10+. The van der Waals surface area contributed by atoms with E-state index in [1.54, 1.807) is 4.52 Å². The van der Waals surface area contributed by atoms with Crippen LogP contribution in [0.2, 0.25) is 0 Å². The van der Waals surface area contributed by atoms with Crippen molar-refractivity contribution in [1.29, 1.82) is 0 Å². The van der Waals surface area contributed by atoms with E-state index in [0.717, 1.165) is 40.5 Å². The minimum atomic E-state index is 0.653. The van der Waals surface area contributed by atoms with Gasteiger partial charge in [-0.2, -0.15) is 4.52 Å². The Morgan fingerprint density at radius 1 is 1.08 bits per heavy atom. The van der Waals surface area contributed by atoms with Gasteiger partial charge in [-0.15, -0.1) is 5.10 Å². The molecule has 0 fully saturated rings. The lowest BCUT2D eigenvalue weighted by atomic mass is 10.2. The number of imidazole rings is 1.